The van der Waals surface area contributed by atoms with E-state index in [1.165, 1.54) is 11.3 Å². The fraction of sp³-hybridized carbons (Fsp3) is 0.217. The van der Waals surface area contributed by atoms with Crippen LogP contribution in [0.1, 0.15) is 28.9 Å². The summed E-state index contributed by atoms with van der Waals surface area (Å²) in [6, 6.07) is 20.0. The third-order valence-electron chi connectivity index (χ3n) is 4.90. The van der Waals surface area contributed by atoms with E-state index in [0.717, 1.165) is 18.6 Å². The number of ether oxygens (including phenoxy) is 1. The second-order valence-electron chi connectivity index (χ2n) is 6.92. The number of likely N-dealkylation sites (tertiary alicyclic amines) is 1. The number of nitrogens with one attached hydrogen (secondary N) is 1. The number of hydrogen-bond donors (Lipinski definition) is 1. The van der Waals surface area contributed by atoms with Crippen molar-refractivity contribution in [1.29, 1.82) is 0 Å². The van der Waals surface area contributed by atoms with Crippen molar-refractivity contribution in [2.24, 2.45) is 0 Å². The summed E-state index contributed by atoms with van der Waals surface area (Å²) >= 11 is 1.41. The summed E-state index contributed by atoms with van der Waals surface area (Å²) in [4.78, 5) is 28.1. The fourth-order valence-electron chi connectivity index (χ4n) is 3.45. The van der Waals surface area contributed by atoms with Crippen molar-refractivity contribution in [3.63, 3.8) is 0 Å². The monoisotopic (exact) mass is 406 g/mol. The van der Waals surface area contributed by atoms with Crippen LogP contribution in [0.3, 0.4) is 0 Å². The molecule has 0 bridgehead atoms. The van der Waals surface area contributed by atoms with Crippen LogP contribution in [0, 0.1) is 0 Å². The van der Waals surface area contributed by atoms with Crippen molar-refractivity contribution < 1.29 is 14.3 Å². The minimum absolute atomic E-state index is 0.0635. The molecule has 0 saturated carbocycles. The van der Waals surface area contributed by atoms with Crippen LogP contribution in [-0.2, 0) is 4.79 Å². The van der Waals surface area contributed by atoms with E-state index in [0.29, 0.717) is 29.3 Å². The number of amides is 2. The molecule has 2 amide bonds. The maximum atomic E-state index is 12.9. The van der Waals surface area contributed by atoms with Gasteiger partial charge in [-0.15, -0.1) is 11.3 Å². The standard InChI is InChI=1S/C23H22N2O3S/c26-22(20-9-4-5-15-25(20)23(27)21-10-6-16-29-21)24-17-11-13-19(14-12-17)28-18-7-2-1-3-8-18/h1-3,6-8,10-14,16,20H,4-5,9,15H2,(H,24,26)/t20-/m1/s1. The van der Waals surface area contributed by atoms with Gasteiger partial charge in [-0.05, 0) is 67.1 Å². The highest BCUT2D eigenvalue weighted by atomic mass is 32.1. The smallest absolute Gasteiger partial charge is 0.264 e. The molecule has 0 radical (unpaired) electrons. The van der Waals surface area contributed by atoms with E-state index in [9.17, 15) is 9.59 Å². The first-order chi connectivity index (χ1) is 14.2. The summed E-state index contributed by atoms with van der Waals surface area (Å²) in [6.07, 6.45) is 2.54. The lowest BCUT2D eigenvalue weighted by atomic mass is 10.0. The van der Waals surface area contributed by atoms with E-state index in [-0.39, 0.29) is 11.8 Å². The Morgan fingerprint density at radius 2 is 1.69 bits per heavy atom. The quantitative estimate of drug-likeness (QED) is 0.636. The minimum Gasteiger partial charge on any atom is -0.457 e. The van der Waals surface area contributed by atoms with Crippen LogP contribution in [0.25, 0.3) is 0 Å². The van der Waals surface area contributed by atoms with Gasteiger partial charge in [0.1, 0.15) is 17.5 Å². The number of anilines is 1. The molecule has 0 aliphatic carbocycles. The van der Waals surface area contributed by atoms with Crippen LogP contribution in [0.15, 0.2) is 72.1 Å². The highest BCUT2D eigenvalue weighted by Crippen LogP contribution is 2.25. The van der Waals surface area contributed by atoms with E-state index >= 15 is 0 Å². The number of carbonyl (C=O) groups excluding carboxylic acids is 2. The van der Waals surface area contributed by atoms with Crippen molar-refractivity contribution in [2.75, 3.05) is 11.9 Å². The SMILES string of the molecule is O=C(Nc1ccc(Oc2ccccc2)cc1)[C@H]1CCCCN1C(=O)c1cccs1. The first-order valence-electron chi connectivity index (χ1n) is 9.69. The van der Waals surface area contributed by atoms with Gasteiger partial charge in [0.15, 0.2) is 0 Å². The number of rotatable bonds is 5. The Kier molecular flexibility index (Phi) is 5.91. The largest absolute Gasteiger partial charge is 0.457 e. The Hall–Kier alpha value is -3.12. The number of benzene rings is 2. The molecule has 1 atom stereocenters. The molecule has 29 heavy (non-hydrogen) atoms. The number of piperidine rings is 1. The van der Waals surface area contributed by atoms with Gasteiger partial charge in [0.25, 0.3) is 5.91 Å². The Morgan fingerprint density at radius 3 is 2.41 bits per heavy atom. The molecule has 1 aliphatic rings. The molecule has 0 spiro atoms. The molecule has 2 aromatic carbocycles. The highest BCUT2D eigenvalue weighted by Gasteiger charge is 2.33. The zero-order valence-corrected chi connectivity index (χ0v) is 16.7. The predicted octanol–water partition coefficient (Wildman–Crippen LogP) is 5.17. The van der Waals surface area contributed by atoms with E-state index in [4.69, 9.17) is 4.74 Å². The number of carbonyl (C=O) groups is 2. The van der Waals surface area contributed by atoms with Crippen LogP contribution in [-0.4, -0.2) is 29.3 Å². The lowest BCUT2D eigenvalue weighted by Crippen LogP contribution is -2.49. The average molecular weight is 407 g/mol. The Balaban J connectivity index is 1.41. The van der Waals surface area contributed by atoms with Crippen LogP contribution in [0.4, 0.5) is 5.69 Å². The Bertz CT molecular complexity index is 956. The molecule has 1 N–H and O–H groups in total. The summed E-state index contributed by atoms with van der Waals surface area (Å²) < 4.78 is 5.78. The van der Waals surface area contributed by atoms with Gasteiger partial charge in [-0.25, -0.2) is 0 Å². The summed E-state index contributed by atoms with van der Waals surface area (Å²) in [7, 11) is 0. The van der Waals surface area contributed by atoms with Gasteiger partial charge in [0, 0.05) is 12.2 Å². The molecule has 1 fully saturated rings. The topological polar surface area (TPSA) is 58.6 Å². The average Bonchev–Trinajstić information content (AvgIpc) is 3.30. The molecule has 1 aliphatic heterocycles. The zero-order chi connectivity index (χ0) is 20.1. The van der Waals surface area contributed by atoms with Gasteiger partial charge >= 0.3 is 0 Å². The van der Waals surface area contributed by atoms with Crippen LogP contribution < -0.4 is 10.1 Å². The van der Waals surface area contributed by atoms with Crippen molar-refractivity contribution in [2.45, 2.75) is 25.3 Å². The normalized spacial score (nSPS) is 16.3. The van der Waals surface area contributed by atoms with Crippen LogP contribution >= 0.6 is 11.3 Å². The van der Waals surface area contributed by atoms with E-state index in [2.05, 4.69) is 5.32 Å². The molecule has 5 nitrogen and oxygen atoms in total. The van der Waals surface area contributed by atoms with Crippen molar-refractivity contribution in [1.82, 2.24) is 4.90 Å². The minimum atomic E-state index is -0.446. The van der Waals surface area contributed by atoms with Gasteiger partial charge in [-0.1, -0.05) is 24.3 Å². The third-order valence-corrected chi connectivity index (χ3v) is 5.76. The van der Waals surface area contributed by atoms with Gasteiger partial charge < -0.3 is 15.0 Å². The number of para-hydroxylation sites is 1. The summed E-state index contributed by atoms with van der Waals surface area (Å²) in [6.45, 7) is 0.610. The zero-order valence-electron chi connectivity index (χ0n) is 15.9. The van der Waals surface area contributed by atoms with E-state index < -0.39 is 6.04 Å². The first-order valence-corrected chi connectivity index (χ1v) is 10.6. The molecule has 1 saturated heterocycles. The summed E-state index contributed by atoms with van der Waals surface area (Å²) in [5.41, 5.74) is 0.685. The van der Waals surface area contributed by atoms with Gasteiger partial charge in [0.05, 0.1) is 4.88 Å². The van der Waals surface area contributed by atoms with Crippen LogP contribution in [0.5, 0.6) is 11.5 Å². The Labute approximate surface area is 173 Å². The molecule has 3 aromatic rings. The molecule has 6 heteroatoms. The maximum Gasteiger partial charge on any atom is 0.264 e. The molecular weight excluding hydrogens is 384 g/mol. The molecule has 4 rings (SSSR count). The van der Waals surface area contributed by atoms with Crippen molar-refractivity contribution >= 4 is 28.8 Å². The van der Waals surface area contributed by atoms with Crippen LogP contribution in [0.2, 0.25) is 0 Å². The molecule has 0 unspecified atom stereocenters. The van der Waals surface area contributed by atoms with Gasteiger partial charge in [0.2, 0.25) is 5.91 Å². The number of nitrogens with zero attached hydrogens (tertiary/aromatic N) is 1. The molecular formula is C23H22N2O3S. The molecule has 2 heterocycles. The van der Waals surface area contributed by atoms with Gasteiger partial charge in [-0.3, -0.25) is 9.59 Å². The second kappa shape index (κ2) is 8.92. The molecule has 1 aromatic heterocycles. The lowest BCUT2D eigenvalue weighted by Gasteiger charge is -2.34. The van der Waals surface area contributed by atoms with Crippen molar-refractivity contribution in [3.05, 3.63) is 77.0 Å². The number of thiophene rings is 1. The Morgan fingerprint density at radius 1 is 0.931 bits per heavy atom. The highest BCUT2D eigenvalue weighted by molar-refractivity contribution is 7.12. The number of hydrogen-bond acceptors (Lipinski definition) is 4. The third kappa shape index (κ3) is 4.66. The van der Waals surface area contributed by atoms with E-state index in [1.54, 1.807) is 4.90 Å². The second-order valence-corrected chi connectivity index (χ2v) is 7.86. The maximum absolute atomic E-state index is 12.9. The summed E-state index contributed by atoms with van der Waals surface area (Å²) in [5, 5.41) is 4.83. The van der Waals surface area contributed by atoms with Crippen molar-refractivity contribution in [3.8, 4) is 11.5 Å². The summed E-state index contributed by atoms with van der Waals surface area (Å²) in [5.74, 6) is 1.24. The predicted molar refractivity (Wildman–Crippen MR) is 115 cm³/mol. The first kappa shape index (κ1) is 19.2. The van der Waals surface area contributed by atoms with Gasteiger partial charge in [-0.2, -0.15) is 0 Å². The van der Waals surface area contributed by atoms with E-state index in [1.807, 2.05) is 72.1 Å². The lowest BCUT2D eigenvalue weighted by molar-refractivity contribution is -0.121. The molecule has 148 valence electrons. The fourth-order valence-corrected chi connectivity index (χ4v) is 4.12.